The minimum absolute atomic E-state index is 0.240. The number of carbonyl (C=O) groups is 1. The fraction of sp³-hybridized carbons (Fsp3) is 0.643. The number of hydrogen-bond acceptors (Lipinski definition) is 4. The van der Waals surface area contributed by atoms with E-state index in [4.69, 9.17) is 16.3 Å². The lowest BCUT2D eigenvalue weighted by Gasteiger charge is -2.15. The monoisotopic (exact) mass is 312 g/mol. The van der Waals surface area contributed by atoms with Crippen molar-refractivity contribution in [2.24, 2.45) is 7.05 Å². The molecule has 1 atom stereocenters. The highest BCUT2D eigenvalue weighted by molar-refractivity contribution is 6.16. The van der Waals surface area contributed by atoms with Crippen molar-refractivity contribution < 1.29 is 9.53 Å². The van der Waals surface area contributed by atoms with Gasteiger partial charge in [0.2, 0.25) is 0 Å². The smallest absolute Gasteiger partial charge is 0.328 e. The zero-order valence-corrected chi connectivity index (χ0v) is 13.6. The van der Waals surface area contributed by atoms with E-state index in [1.807, 2.05) is 11.6 Å². The van der Waals surface area contributed by atoms with Crippen LogP contribution in [-0.2, 0) is 28.9 Å². The van der Waals surface area contributed by atoms with E-state index in [1.165, 1.54) is 0 Å². The van der Waals surface area contributed by atoms with Crippen LogP contribution in [0.1, 0.15) is 44.8 Å². The molecule has 2 aromatic heterocycles. The summed E-state index contributed by atoms with van der Waals surface area (Å²) in [4.78, 5) is 16.6. The maximum atomic E-state index is 12.1. The molecular formula is C14H21ClN4O2. The van der Waals surface area contributed by atoms with E-state index in [9.17, 15) is 4.79 Å². The number of aryl methyl sites for hydroxylation is 2. The Labute approximate surface area is 129 Å². The van der Waals surface area contributed by atoms with Crippen molar-refractivity contribution in [1.29, 1.82) is 0 Å². The summed E-state index contributed by atoms with van der Waals surface area (Å²) >= 11 is 6.00. The number of halogens is 1. The third-order valence-electron chi connectivity index (χ3n) is 3.43. The Morgan fingerprint density at radius 3 is 2.71 bits per heavy atom. The number of rotatable bonds is 6. The van der Waals surface area contributed by atoms with E-state index < -0.39 is 6.04 Å². The molecule has 0 aromatic carbocycles. The van der Waals surface area contributed by atoms with Gasteiger partial charge in [-0.05, 0) is 20.3 Å². The maximum Gasteiger partial charge on any atom is 0.328 e. The SMILES string of the molecule is CCCc1nn(C)c2c1nc(CCl)n2C(C)C(=O)OCC. The first-order valence-electron chi connectivity index (χ1n) is 7.20. The number of imidazole rings is 1. The van der Waals surface area contributed by atoms with Crippen LogP contribution >= 0.6 is 11.6 Å². The van der Waals surface area contributed by atoms with Crippen LogP contribution in [0.25, 0.3) is 11.2 Å². The Morgan fingerprint density at radius 1 is 1.43 bits per heavy atom. The van der Waals surface area contributed by atoms with E-state index in [0.717, 1.165) is 29.7 Å². The van der Waals surface area contributed by atoms with Gasteiger partial charge in [0.05, 0.1) is 18.2 Å². The van der Waals surface area contributed by atoms with Crippen LogP contribution in [0.3, 0.4) is 0 Å². The Kier molecular flexibility index (Phi) is 4.88. The molecule has 116 valence electrons. The topological polar surface area (TPSA) is 61.9 Å². The maximum absolute atomic E-state index is 12.1. The Bertz CT molecular complexity index is 647. The fourth-order valence-electron chi connectivity index (χ4n) is 2.52. The molecule has 0 saturated heterocycles. The lowest BCUT2D eigenvalue weighted by molar-refractivity contribution is -0.146. The lowest BCUT2D eigenvalue weighted by Crippen LogP contribution is -2.21. The normalized spacial score (nSPS) is 12.8. The van der Waals surface area contributed by atoms with E-state index >= 15 is 0 Å². The van der Waals surface area contributed by atoms with Gasteiger partial charge in [-0.25, -0.2) is 9.78 Å². The van der Waals surface area contributed by atoms with Crippen LogP contribution < -0.4 is 0 Å². The molecule has 7 heteroatoms. The predicted molar refractivity (Wildman–Crippen MR) is 81.4 cm³/mol. The van der Waals surface area contributed by atoms with Gasteiger partial charge >= 0.3 is 5.97 Å². The van der Waals surface area contributed by atoms with Crippen LogP contribution in [0.2, 0.25) is 0 Å². The van der Waals surface area contributed by atoms with Crippen molar-refractivity contribution in [3.8, 4) is 0 Å². The Hall–Kier alpha value is -1.56. The van der Waals surface area contributed by atoms with Gasteiger partial charge in [-0.3, -0.25) is 9.25 Å². The average Bonchev–Trinajstić information content (AvgIpc) is 2.97. The summed E-state index contributed by atoms with van der Waals surface area (Å²) in [7, 11) is 1.86. The predicted octanol–water partition coefficient (Wildman–Crippen LogP) is 2.59. The van der Waals surface area contributed by atoms with Crippen LogP contribution in [-0.4, -0.2) is 31.9 Å². The molecule has 0 aliphatic rings. The first kappa shape index (κ1) is 15.8. The average molecular weight is 313 g/mol. The van der Waals surface area contributed by atoms with Crippen molar-refractivity contribution in [3.63, 3.8) is 0 Å². The van der Waals surface area contributed by atoms with Crippen molar-refractivity contribution in [3.05, 3.63) is 11.5 Å². The minimum Gasteiger partial charge on any atom is -0.464 e. The third-order valence-corrected chi connectivity index (χ3v) is 3.67. The molecule has 2 rings (SSSR count). The molecule has 21 heavy (non-hydrogen) atoms. The second-order valence-corrected chi connectivity index (χ2v) is 5.22. The van der Waals surface area contributed by atoms with Gasteiger partial charge in [-0.15, -0.1) is 11.6 Å². The van der Waals surface area contributed by atoms with Gasteiger partial charge in [0.15, 0.2) is 5.65 Å². The summed E-state index contributed by atoms with van der Waals surface area (Å²) in [5, 5.41) is 4.50. The molecule has 0 radical (unpaired) electrons. The van der Waals surface area contributed by atoms with Crippen molar-refractivity contribution in [2.75, 3.05) is 6.61 Å². The lowest BCUT2D eigenvalue weighted by atomic mass is 10.2. The Morgan fingerprint density at radius 2 is 2.14 bits per heavy atom. The van der Waals surface area contributed by atoms with E-state index in [-0.39, 0.29) is 11.8 Å². The van der Waals surface area contributed by atoms with E-state index in [0.29, 0.717) is 12.4 Å². The summed E-state index contributed by atoms with van der Waals surface area (Å²) in [6, 6.07) is -0.478. The van der Waals surface area contributed by atoms with Gasteiger partial charge in [0.25, 0.3) is 0 Å². The first-order valence-corrected chi connectivity index (χ1v) is 7.73. The van der Waals surface area contributed by atoms with Gasteiger partial charge in [0.1, 0.15) is 17.4 Å². The molecule has 0 amide bonds. The molecule has 0 spiro atoms. The van der Waals surface area contributed by atoms with Crippen molar-refractivity contribution in [2.45, 2.75) is 45.5 Å². The van der Waals surface area contributed by atoms with E-state index in [2.05, 4.69) is 17.0 Å². The molecule has 2 heterocycles. The van der Waals surface area contributed by atoms with Gasteiger partial charge in [-0.2, -0.15) is 5.10 Å². The zero-order valence-electron chi connectivity index (χ0n) is 12.9. The molecule has 1 unspecified atom stereocenters. The fourth-order valence-corrected chi connectivity index (χ4v) is 2.71. The minimum atomic E-state index is -0.478. The standard InChI is InChI=1S/C14H21ClN4O2/c1-5-7-10-12-13(18(4)17-10)19(11(8-15)16-12)9(3)14(20)21-6-2/h9H,5-8H2,1-4H3. The van der Waals surface area contributed by atoms with Crippen LogP contribution in [0.4, 0.5) is 0 Å². The molecule has 0 N–H and O–H groups in total. The number of fused-ring (bicyclic) bond motifs is 1. The number of carbonyl (C=O) groups excluding carboxylic acids is 1. The quantitative estimate of drug-likeness (QED) is 0.607. The number of alkyl halides is 1. The van der Waals surface area contributed by atoms with Gasteiger partial charge < -0.3 is 4.74 Å². The van der Waals surface area contributed by atoms with E-state index in [1.54, 1.807) is 18.5 Å². The number of ether oxygens (including phenoxy) is 1. The highest BCUT2D eigenvalue weighted by Crippen LogP contribution is 2.26. The second kappa shape index (κ2) is 6.47. The highest BCUT2D eigenvalue weighted by Gasteiger charge is 2.26. The van der Waals surface area contributed by atoms with Crippen molar-refractivity contribution >= 4 is 28.7 Å². The summed E-state index contributed by atoms with van der Waals surface area (Å²) in [5.74, 6) is 0.614. The Balaban J connectivity index is 2.58. The van der Waals surface area contributed by atoms with Gasteiger partial charge in [0, 0.05) is 7.05 Å². The van der Waals surface area contributed by atoms with Gasteiger partial charge in [-0.1, -0.05) is 13.3 Å². The number of hydrogen-bond donors (Lipinski definition) is 0. The number of esters is 1. The van der Waals surface area contributed by atoms with Crippen molar-refractivity contribution in [1.82, 2.24) is 19.3 Å². The van der Waals surface area contributed by atoms with Crippen LogP contribution in [0.15, 0.2) is 0 Å². The van der Waals surface area contributed by atoms with Crippen LogP contribution in [0.5, 0.6) is 0 Å². The first-order chi connectivity index (χ1) is 10.0. The molecule has 0 fully saturated rings. The van der Waals surface area contributed by atoms with Crippen LogP contribution in [0, 0.1) is 0 Å². The molecule has 0 bridgehead atoms. The molecule has 2 aromatic rings. The molecular weight excluding hydrogens is 292 g/mol. The summed E-state index contributed by atoms with van der Waals surface area (Å²) in [6.07, 6.45) is 1.84. The second-order valence-electron chi connectivity index (χ2n) is 4.95. The highest BCUT2D eigenvalue weighted by atomic mass is 35.5. The number of aromatic nitrogens is 4. The number of nitrogens with zero attached hydrogens (tertiary/aromatic N) is 4. The summed E-state index contributed by atoms with van der Waals surface area (Å²) < 4.78 is 8.70. The summed E-state index contributed by atoms with van der Waals surface area (Å²) in [5.41, 5.74) is 2.58. The molecule has 0 saturated carbocycles. The molecule has 0 aliphatic carbocycles. The largest absolute Gasteiger partial charge is 0.464 e. The molecule has 0 aliphatic heterocycles. The molecule has 6 nitrogen and oxygen atoms in total. The summed E-state index contributed by atoms with van der Waals surface area (Å²) in [6.45, 7) is 6.03. The third kappa shape index (κ3) is 2.77. The zero-order chi connectivity index (χ0) is 15.6.